The van der Waals surface area contributed by atoms with Gasteiger partial charge < -0.3 is 5.32 Å². The van der Waals surface area contributed by atoms with E-state index < -0.39 is 0 Å². The molecule has 30 heavy (non-hydrogen) atoms. The van der Waals surface area contributed by atoms with Gasteiger partial charge in [0.15, 0.2) is 5.13 Å². The minimum Gasteiger partial charge on any atom is -0.302 e. The standard InChI is InChI=1S/C22H21ClN4OS2/c1-2-3-6-16-10-9-15(13-24)21(25-16)29-12-11-20(28)27-22-26-19(14-30-22)17-7-4-5-8-18(17)23/h4-5,7-10,14H,2-3,6,11-12H2,1H3,(H,26,27,28). The predicted octanol–water partition coefficient (Wildman–Crippen LogP) is 6.19. The van der Waals surface area contributed by atoms with Crippen molar-refractivity contribution < 1.29 is 4.79 Å². The number of pyridine rings is 1. The Kier molecular flexibility index (Phi) is 8.26. The van der Waals surface area contributed by atoms with Crippen molar-refractivity contribution in [2.45, 2.75) is 37.6 Å². The van der Waals surface area contributed by atoms with Gasteiger partial charge in [-0.05, 0) is 31.0 Å². The molecule has 0 spiro atoms. The lowest BCUT2D eigenvalue weighted by molar-refractivity contribution is -0.115. The zero-order chi connectivity index (χ0) is 21.3. The average Bonchev–Trinajstić information content (AvgIpc) is 3.20. The summed E-state index contributed by atoms with van der Waals surface area (Å²) in [5, 5.41) is 15.9. The Morgan fingerprint density at radius 1 is 1.27 bits per heavy atom. The normalized spacial score (nSPS) is 10.6. The van der Waals surface area contributed by atoms with Crippen LogP contribution in [0.15, 0.2) is 46.8 Å². The maximum atomic E-state index is 12.3. The molecule has 1 aromatic carbocycles. The van der Waals surface area contributed by atoms with E-state index in [1.807, 2.05) is 41.8 Å². The number of unbranched alkanes of at least 4 members (excludes halogenated alkanes) is 1. The highest BCUT2D eigenvalue weighted by molar-refractivity contribution is 7.99. The van der Waals surface area contributed by atoms with Gasteiger partial charge in [0, 0.05) is 33.8 Å². The largest absolute Gasteiger partial charge is 0.302 e. The molecule has 1 amide bonds. The summed E-state index contributed by atoms with van der Waals surface area (Å²) >= 11 is 9.01. The Balaban J connectivity index is 1.55. The van der Waals surface area contributed by atoms with Gasteiger partial charge in [-0.15, -0.1) is 23.1 Å². The van der Waals surface area contributed by atoms with Crippen LogP contribution in [0.5, 0.6) is 0 Å². The number of carbonyl (C=O) groups is 1. The molecule has 0 saturated heterocycles. The van der Waals surface area contributed by atoms with Crippen molar-refractivity contribution in [3.05, 3.63) is 58.1 Å². The van der Waals surface area contributed by atoms with Gasteiger partial charge in [-0.3, -0.25) is 4.79 Å². The lowest BCUT2D eigenvalue weighted by atomic mass is 10.2. The van der Waals surface area contributed by atoms with Crippen molar-refractivity contribution >= 4 is 45.7 Å². The minimum absolute atomic E-state index is 0.122. The number of hydrogen-bond donors (Lipinski definition) is 1. The van der Waals surface area contributed by atoms with Gasteiger partial charge in [0.25, 0.3) is 0 Å². The molecule has 0 atom stereocenters. The van der Waals surface area contributed by atoms with Crippen molar-refractivity contribution in [1.29, 1.82) is 5.26 Å². The van der Waals surface area contributed by atoms with Crippen LogP contribution in [0.1, 0.15) is 37.4 Å². The SMILES string of the molecule is CCCCc1ccc(C#N)c(SCCC(=O)Nc2nc(-c3ccccc3Cl)cs2)n1. The first-order valence-corrected chi connectivity index (χ1v) is 11.9. The molecule has 0 unspecified atom stereocenters. The van der Waals surface area contributed by atoms with E-state index in [9.17, 15) is 10.1 Å². The lowest BCUT2D eigenvalue weighted by Crippen LogP contribution is -2.12. The number of carbonyl (C=O) groups excluding carboxylic acids is 1. The maximum absolute atomic E-state index is 12.3. The van der Waals surface area contributed by atoms with E-state index in [0.717, 1.165) is 36.2 Å². The Hall–Kier alpha value is -2.40. The number of hydrogen-bond acceptors (Lipinski definition) is 6. The van der Waals surface area contributed by atoms with Gasteiger partial charge in [-0.2, -0.15) is 5.26 Å². The van der Waals surface area contributed by atoms with Crippen molar-refractivity contribution in [3.63, 3.8) is 0 Å². The predicted molar refractivity (Wildman–Crippen MR) is 124 cm³/mol. The van der Waals surface area contributed by atoms with E-state index in [1.165, 1.54) is 23.1 Å². The van der Waals surface area contributed by atoms with Crippen molar-refractivity contribution in [2.24, 2.45) is 0 Å². The maximum Gasteiger partial charge on any atom is 0.226 e. The number of nitriles is 1. The van der Waals surface area contributed by atoms with Crippen LogP contribution >= 0.6 is 34.7 Å². The van der Waals surface area contributed by atoms with E-state index in [2.05, 4.69) is 28.3 Å². The summed E-state index contributed by atoms with van der Waals surface area (Å²) < 4.78 is 0. The number of nitrogens with one attached hydrogen (secondary N) is 1. The molecule has 0 aliphatic heterocycles. The zero-order valence-electron chi connectivity index (χ0n) is 16.5. The van der Waals surface area contributed by atoms with Gasteiger partial charge in [-0.1, -0.05) is 43.1 Å². The molecule has 5 nitrogen and oxygen atoms in total. The molecule has 0 aliphatic rings. The van der Waals surface area contributed by atoms with E-state index in [1.54, 1.807) is 0 Å². The fourth-order valence-corrected chi connectivity index (χ4v) is 4.61. The van der Waals surface area contributed by atoms with Crippen LogP contribution in [0.3, 0.4) is 0 Å². The molecule has 3 rings (SSSR count). The number of aromatic nitrogens is 2. The van der Waals surface area contributed by atoms with Crippen LogP contribution in [0.4, 0.5) is 5.13 Å². The molecular formula is C22H21ClN4OS2. The lowest BCUT2D eigenvalue weighted by Gasteiger charge is -2.06. The minimum atomic E-state index is -0.122. The van der Waals surface area contributed by atoms with Crippen molar-refractivity contribution in [1.82, 2.24) is 9.97 Å². The van der Waals surface area contributed by atoms with Crippen LogP contribution in [-0.2, 0) is 11.2 Å². The second kappa shape index (κ2) is 11.1. The first kappa shape index (κ1) is 22.3. The average molecular weight is 457 g/mol. The summed E-state index contributed by atoms with van der Waals surface area (Å²) in [6.45, 7) is 2.14. The van der Waals surface area contributed by atoms with Crippen molar-refractivity contribution in [3.8, 4) is 17.3 Å². The number of thiazole rings is 1. The number of thioether (sulfide) groups is 1. The fraction of sp³-hybridized carbons (Fsp3) is 0.273. The summed E-state index contributed by atoms with van der Waals surface area (Å²) in [5.74, 6) is 0.413. The van der Waals surface area contributed by atoms with Crippen LogP contribution in [0.25, 0.3) is 11.3 Å². The number of aryl methyl sites for hydroxylation is 1. The molecule has 8 heteroatoms. The Labute approximate surface area is 189 Å². The van der Waals surface area contributed by atoms with Crippen LogP contribution in [-0.4, -0.2) is 21.6 Å². The highest BCUT2D eigenvalue weighted by Crippen LogP contribution is 2.30. The zero-order valence-corrected chi connectivity index (χ0v) is 18.9. The number of rotatable bonds is 9. The van der Waals surface area contributed by atoms with Gasteiger partial charge in [-0.25, -0.2) is 9.97 Å². The van der Waals surface area contributed by atoms with Gasteiger partial charge in [0.1, 0.15) is 11.1 Å². The number of amides is 1. The third kappa shape index (κ3) is 6.05. The summed E-state index contributed by atoms with van der Waals surface area (Å²) in [6.07, 6.45) is 3.36. The van der Waals surface area contributed by atoms with E-state index >= 15 is 0 Å². The second-order valence-electron chi connectivity index (χ2n) is 6.54. The third-order valence-electron chi connectivity index (χ3n) is 4.29. The number of halogens is 1. The number of anilines is 1. The molecule has 2 heterocycles. The monoisotopic (exact) mass is 456 g/mol. The molecule has 1 N–H and O–H groups in total. The fourth-order valence-electron chi connectivity index (χ4n) is 2.72. The number of nitrogens with zero attached hydrogens (tertiary/aromatic N) is 3. The van der Waals surface area contributed by atoms with E-state index in [-0.39, 0.29) is 5.91 Å². The van der Waals surface area contributed by atoms with Crippen LogP contribution in [0, 0.1) is 11.3 Å². The first-order chi connectivity index (χ1) is 14.6. The Morgan fingerprint density at radius 3 is 2.87 bits per heavy atom. The quantitative estimate of drug-likeness (QED) is 0.388. The summed E-state index contributed by atoms with van der Waals surface area (Å²) in [7, 11) is 0. The smallest absolute Gasteiger partial charge is 0.226 e. The topological polar surface area (TPSA) is 78.7 Å². The Morgan fingerprint density at radius 2 is 2.10 bits per heavy atom. The molecule has 0 aliphatic carbocycles. The van der Waals surface area contributed by atoms with Gasteiger partial charge in [0.05, 0.1) is 11.3 Å². The summed E-state index contributed by atoms with van der Waals surface area (Å²) in [5.41, 5.74) is 3.11. The molecular weight excluding hydrogens is 436 g/mol. The van der Waals surface area contributed by atoms with Gasteiger partial charge >= 0.3 is 0 Å². The highest BCUT2D eigenvalue weighted by Gasteiger charge is 2.12. The second-order valence-corrected chi connectivity index (χ2v) is 8.88. The molecule has 0 saturated carbocycles. The van der Waals surface area contributed by atoms with Crippen molar-refractivity contribution in [2.75, 3.05) is 11.1 Å². The molecule has 0 bridgehead atoms. The van der Waals surface area contributed by atoms with E-state index in [4.69, 9.17) is 11.6 Å². The molecule has 3 aromatic rings. The van der Waals surface area contributed by atoms with Crippen LogP contribution < -0.4 is 5.32 Å². The highest BCUT2D eigenvalue weighted by atomic mass is 35.5. The molecule has 154 valence electrons. The summed E-state index contributed by atoms with van der Waals surface area (Å²) in [6, 6.07) is 13.4. The van der Waals surface area contributed by atoms with Crippen LogP contribution in [0.2, 0.25) is 5.02 Å². The first-order valence-electron chi connectivity index (χ1n) is 9.63. The third-order valence-corrected chi connectivity index (χ3v) is 6.37. The molecule has 0 radical (unpaired) electrons. The summed E-state index contributed by atoms with van der Waals surface area (Å²) in [4.78, 5) is 21.4. The van der Waals surface area contributed by atoms with Gasteiger partial charge in [0.2, 0.25) is 5.91 Å². The van der Waals surface area contributed by atoms with E-state index in [0.29, 0.717) is 32.9 Å². The number of benzene rings is 1. The molecule has 0 fully saturated rings. The Bertz CT molecular complexity index is 1060. The molecule has 2 aromatic heterocycles.